The molecule has 0 bridgehead atoms. The molecule has 12 aromatic carbocycles. The van der Waals surface area contributed by atoms with Crippen molar-refractivity contribution in [2.75, 3.05) is 22.9 Å². The zero-order chi connectivity index (χ0) is 51.3. The predicted molar refractivity (Wildman–Crippen MR) is 330 cm³/mol. The Morgan fingerprint density at radius 3 is 1.21 bits per heavy atom. The molecule has 0 spiro atoms. The Labute approximate surface area is 453 Å². The molecule has 0 unspecified atom stereocenters. The number of hydrogen-bond donors (Lipinski definition) is 0. The van der Waals surface area contributed by atoms with Gasteiger partial charge in [-0.05, 0) is 172 Å². The summed E-state index contributed by atoms with van der Waals surface area (Å²) in [6.07, 6.45) is 4.41. The van der Waals surface area contributed by atoms with Crippen molar-refractivity contribution in [1.82, 2.24) is 9.13 Å². The maximum absolute atomic E-state index is 2.52. The Balaban J connectivity index is 0.656. The van der Waals surface area contributed by atoms with Crippen LogP contribution in [0.5, 0.6) is 0 Å². The zero-order valence-electron chi connectivity index (χ0n) is 43.3. The Morgan fingerprint density at radius 2 is 0.641 bits per heavy atom. The summed E-state index contributed by atoms with van der Waals surface area (Å²) >= 11 is 0. The van der Waals surface area contributed by atoms with Gasteiger partial charge in [-0.25, -0.2) is 0 Å². The second kappa shape index (κ2) is 18.0. The number of rotatable bonds is 7. The summed E-state index contributed by atoms with van der Waals surface area (Å²) < 4.78 is 4.90. The Bertz CT molecular complexity index is 4680. The first-order chi connectivity index (χ1) is 38.7. The van der Waals surface area contributed by atoms with Crippen LogP contribution >= 0.6 is 0 Å². The average molecular weight is 999 g/mol. The zero-order valence-corrected chi connectivity index (χ0v) is 43.3. The summed E-state index contributed by atoms with van der Waals surface area (Å²) in [5.74, 6) is 0. The number of para-hydroxylation sites is 2. The van der Waals surface area contributed by atoms with Crippen molar-refractivity contribution in [2.24, 2.45) is 0 Å². The van der Waals surface area contributed by atoms with Gasteiger partial charge in [0.2, 0.25) is 0 Å². The van der Waals surface area contributed by atoms with Crippen LogP contribution in [0, 0.1) is 0 Å². The first-order valence-corrected chi connectivity index (χ1v) is 27.7. The highest BCUT2D eigenvalue weighted by Gasteiger charge is 2.23. The minimum absolute atomic E-state index is 1.01. The van der Waals surface area contributed by atoms with Gasteiger partial charge in [0.15, 0.2) is 0 Å². The van der Waals surface area contributed by atoms with Crippen molar-refractivity contribution >= 4 is 87.9 Å². The summed E-state index contributed by atoms with van der Waals surface area (Å²) in [4.78, 5) is 5.04. The molecule has 4 nitrogen and oxygen atoms in total. The van der Waals surface area contributed by atoms with E-state index in [1.165, 1.54) is 144 Å². The average Bonchev–Trinajstić information content (AvgIpc) is 4.25. The lowest BCUT2D eigenvalue weighted by atomic mass is 9.92. The number of aromatic nitrogens is 2. The number of fused-ring (bicyclic) bond motifs is 10. The van der Waals surface area contributed by atoms with Crippen LogP contribution in [0.1, 0.15) is 24.0 Å². The van der Waals surface area contributed by atoms with Gasteiger partial charge in [-0.2, -0.15) is 0 Å². The smallest absolute Gasteiger partial charge is 0.0547 e. The molecule has 0 N–H and O–H groups in total. The van der Waals surface area contributed by atoms with E-state index in [4.69, 9.17) is 0 Å². The third-order valence-corrected chi connectivity index (χ3v) is 17.1. The number of benzene rings is 12. The molecule has 2 aromatic heterocycles. The van der Waals surface area contributed by atoms with Gasteiger partial charge < -0.3 is 18.9 Å². The monoisotopic (exact) mass is 998 g/mol. The largest absolute Gasteiger partial charge is 0.341 e. The SMILES string of the molecule is c1ccc2c(-n3c4ccccc4c4cc(-c5ccc(N6CCCc7cc(-c8ccc9c(c8)CCCN9c8ccc(-c9ccc%10c%11ccccc%11n(-c%11cccc%12ccccc%11%12)c%10c9)cc8)ccc76)cc5)ccc43)cccc2c1. The first kappa shape index (κ1) is 44.6. The molecule has 4 heteroatoms. The van der Waals surface area contributed by atoms with Crippen LogP contribution in [0.2, 0.25) is 0 Å². The molecule has 4 heterocycles. The summed E-state index contributed by atoms with van der Waals surface area (Å²) in [6, 6.07) is 95.1. The van der Waals surface area contributed by atoms with Crippen molar-refractivity contribution in [3.63, 3.8) is 0 Å². The van der Waals surface area contributed by atoms with Crippen LogP contribution < -0.4 is 9.80 Å². The van der Waals surface area contributed by atoms with Gasteiger partial charge in [0.1, 0.15) is 0 Å². The summed E-state index contributed by atoms with van der Waals surface area (Å²) in [7, 11) is 0. The number of anilines is 4. The van der Waals surface area contributed by atoms with Crippen molar-refractivity contribution in [2.45, 2.75) is 25.7 Å². The van der Waals surface area contributed by atoms with E-state index in [1.54, 1.807) is 0 Å². The Hall–Kier alpha value is -9.64. The normalized spacial score (nSPS) is 13.5. The minimum atomic E-state index is 1.01. The third-order valence-electron chi connectivity index (χ3n) is 17.1. The molecule has 370 valence electrons. The molecule has 0 radical (unpaired) electrons. The maximum atomic E-state index is 2.52. The van der Waals surface area contributed by atoms with Crippen LogP contribution in [0.15, 0.2) is 255 Å². The lowest BCUT2D eigenvalue weighted by Gasteiger charge is -2.33. The van der Waals surface area contributed by atoms with Crippen LogP contribution in [-0.2, 0) is 12.8 Å². The molecule has 16 rings (SSSR count). The molecule has 78 heavy (non-hydrogen) atoms. The molecular formula is C74H54N4. The van der Waals surface area contributed by atoms with E-state index in [2.05, 4.69) is 274 Å². The van der Waals surface area contributed by atoms with Crippen LogP contribution in [0.4, 0.5) is 22.7 Å². The molecule has 0 saturated heterocycles. The highest BCUT2D eigenvalue weighted by molar-refractivity contribution is 6.13. The van der Waals surface area contributed by atoms with E-state index in [0.29, 0.717) is 0 Å². The standard InChI is InChI=1S/C74H54N4/c1-3-19-61-51(13-1)15-9-25-69(61)77-72-24-8-6-22-64(72)66-47-55(34-42-73(66)77)49-27-35-59(36-28-49)75-43-11-17-57-45-53(32-40-67(57)75)54-33-41-68-58(46-54)18-12-44-76(68)60-37-29-50(30-38-60)56-31-39-65-63-21-5-7-23-71(63)78(74(65)48-56)70-26-10-16-52-14-2-4-20-62(52)70/h1-10,13-16,19-42,45-48H,11-12,17-18,43-44H2. The van der Waals surface area contributed by atoms with Gasteiger partial charge in [0.05, 0.1) is 33.4 Å². The van der Waals surface area contributed by atoms with Gasteiger partial charge in [0, 0.05) is 68.2 Å². The van der Waals surface area contributed by atoms with Crippen molar-refractivity contribution in [3.05, 3.63) is 266 Å². The second-order valence-electron chi connectivity index (χ2n) is 21.5. The first-order valence-electron chi connectivity index (χ1n) is 27.7. The molecule has 0 atom stereocenters. The van der Waals surface area contributed by atoms with Gasteiger partial charge in [-0.15, -0.1) is 0 Å². The summed E-state index contributed by atoms with van der Waals surface area (Å²) in [6.45, 7) is 2.01. The number of hydrogen-bond acceptors (Lipinski definition) is 2. The van der Waals surface area contributed by atoms with E-state index in [9.17, 15) is 0 Å². The van der Waals surface area contributed by atoms with E-state index in [1.807, 2.05) is 0 Å². The number of aryl methyl sites for hydroxylation is 2. The fourth-order valence-electron chi connectivity index (χ4n) is 13.4. The lowest BCUT2D eigenvalue weighted by Crippen LogP contribution is -2.24. The molecule has 2 aliphatic rings. The van der Waals surface area contributed by atoms with Crippen molar-refractivity contribution in [1.29, 1.82) is 0 Å². The summed E-state index contributed by atoms with van der Waals surface area (Å²) in [5.41, 5.74) is 22.8. The van der Waals surface area contributed by atoms with Crippen molar-refractivity contribution in [3.8, 4) is 44.8 Å². The van der Waals surface area contributed by atoms with E-state index in [-0.39, 0.29) is 0 Å². The highest BCUT2D eigenvalue weighted by atomic mass is 15.1. The summed E-state index contributed by atoms with van der Waals surface area (Å²) in [5, 5.41) is 10.1. The second-order valence-corrected chi connectivity index (χ2v) is 21.5. The fraction of sp³-hybridized carbons (Fsp3) is 0.0811. The molecule has 14 aromatic rings. The molecule has 0 saturated carbocycles. The fourth-order valence-corrected chi connectivity index (χ4v) is 13.4. The topological polar surface area (TPSA) is 16.3 Å². The van der Waals surface area contributed by atoms with E-state index >= 15 is 0 Å². The molecular weight excluding hydrogens is 945 g/mol. The van der Waals surface area contributed by atoms with Crippen molar-refractivity contribution < 1.29 is 0 Å². The van der Waals surface area contributed by atoms with E-state index in [0.717, 1.165) is 38.8 Å². The molecule has 0 aliphatic carbocycles. The highest BCUT2D eigenvalue weighted by Crippen LogP contribution is 2.43. The molecule has 2 aliphatic heterocycles. The van der Waals surface area contributed by atoms with Gasteiger partial charge >= 0.3 is 0 Å². The minimum Gasteiger partial charge on any atom is -0.341 e. The van der Waals surface area contributed by atoms with E-state index < -0.39 is 0 Å². The predicted octanol–water partition coefficient (Wildman–Crippen LogP) is 19.4. The van der Waals surface area contributed by atoms with Crippen LogP contribution in [-0.4, -0.2) is 22.2 Å². The van der Waals surface area contributed by atoms with Crippen LogP contribution in [0.25, 0.3) is 110 Å². The Morgan fingerprint density at radius 1 is 0.244 bits per heavy atom. The van der Waals surface area contributed by atoms with Gasteiger partial charge in [-0.3, -0.25) is 0 Å². The third kappa shape index (κ3) is 7.20. The Kier molecular flexibility index (Phi) is 10.3. The molecule has 0 amide bonds. The lowest BCUT2D eigenvalue weighted by molar-refractivity contribution is 0.766. The van der Waals surface area contributed by atoms with Gasteiger partial charge in [-0.1, -0.05) is 164 Å². The number of nitrogens with zero attached hydrogens (tertiary/aromatic N) is 4. The van der Waals surface area contributed by atoms with Crippen LogP contribution in [0.3, 0.4) is 0 Å². The quantitative estimate of drug-likeness (QED) is 0.158. The molecule has 0 fully saturated rings. The van der Waals surface area contributed by atoms with Gasteiger partial charge in [0.25, 0.3) is 0 Å². The maximum Gasteiger partial charge on any atom is 0.0547 e.